The quantitative estimate of drug-likeness (QED) is 0.760. The van der Waals surface area contributed by atoms with Gasteiger partial charge in [-0.25, -0.2) is 4.98 Å². The lowest BCUT2D eigenvalue weighted by molar-refractivity contribution is 0.100. The number of nitrogens with two attached hydrogens (primary N) is 1. The second-order valence-electron chi connectivity index (χ2n) is 3.65. The molecule has 0 atom stereocenters. The SMILES string of the molecule is Cc1nc(CNc2n[nH]c(C)c2C(N)=O)cs1. The smallest absolute Gasteiger partial charge is 0.254 e. The predicted molar refractivity (Wildman–Crippen MR) is 66.0 cm³/mol. The molecule has 0 saturated carbocycles. The second kappa shape index (κ2) is 4.54. The summed E-state index contributed by atoms with van der Waals surface area (Å²) < 4.78 is 0. The van der Waals surface area contributed by atoms with E-state index in [-0.39, 0.29) is 0 Å². The average Bonchev–Trinajstić information content (AvgIpc) is 2.82. The van der Waals surface area contributed by atoms with Crippen LogP contribution in [-0.4, -0.2) is 21.1 Å². The molecule has 2 aromatic rings. The van der Waals surface area contributed by atoms with Gasteiger partial charge < -0.3 is 11.1 Å². The van der Waals surface area contributed by atoms with E-state index < -0.39 is 5.91 Å². The summed E-state index contributed by atoms with van der Waals surface area (Å²) in [5.41, 5.74) is 7.26. The number of amides is 1. The van der Waals surface area contributed by atoms with Gasteiger partial charge in [-0.05, 0) is 13.8 Å². The molecule has 2 rings (SSSR count). The topological polar surface area (TPSA) is 96.7 Å². The highest BCUT2D eigenvalue weighted by atomic mass is 32.1. The Morgan fingerprint density at radius 2 is 2.35 bits per heavy atom. The van der Waals surface area contributed by atoms with E-state index in [1.165, 1.54) is 0 Å². The number of hydrogen-bond acceptors (Lipinski definition) is 5. The molecule has 90 valence electrons. The Morgan fingerprint density at radius 1 is 1.59 bits per heavy atom. The van der Waals surface area contributed by atoms with Crippen LogP contribution in [0.15, 0.2) is 5.38 Å². The van der Waals surface area contributed by atoms with Crippen molar-refractivity contribution in [1.29, 1.82) is 0 Å². The van der Waals surface area contributed by atoms with E-state index >= 15 is 0 Å². The lowest BCUT2D eigenvalue weighted by Crippen LogP contribution is -2.14. The van der Waals surface area contributed by atoms with Gasteiger partial charge in [0, 0.05) is 11.1 Å². The molecule has 0 aliphatic carbocycles. The van der Waals surface area contributed by atoms with Gasteiger partial charge in [-0.3, -0.25) is 9.89 Å². The van der Waals surface area contributed by atoms with Crippen molar-refractivity contribution in [2.24, 2.45) is 5.73 Å². The Bertz CT molecular complexity index is 545. The second-order valence-corrected chi connectivity index (χ2v) is 4.71. The summed E-state index contributed by atoms with van der Waals surface area (Å²) in [6.45, 7) is 4.22. The van der Waals surface area contributed by atoms with Gasteiger partial charge in [-0.1, -0.05) is 0 Å². The number of thiazole rings is 1. The molecule has 7 heteroatoms. The van der Waals surface area contributed by atoms with E-state index in [2.05, 4.69) is 20.5 Å². The molecule has 0 aliphatic rings. The molecule has 0 radical (unpaired) electrons. The van der Waals surface area contributed by atoms with E-state index in [0.29, 0.717) is 23.6 Å². The van der Waals surface area contributed by atoms with E-state index in [1.54, 1.807) is 18.3 Å². The summed E-state index contributed by atoms with van der Waals surface area (Å²) >= 11 is 1.58. The highest BCUT2D eigenvalue weighted by Crippen LogP contribution is 2.16. The Balaban J connectivity index is 2.11. The first kappa shape index (κ1) is 11.6. The van der Waals surface area contributed by atoms with E-state index in [9.17, 15) is 4.79 Å². The fourth-order valence-electron chi connectivity index (χ4n) is 1.52. The van der Waals surface area contributed by atoms with Crippen molar-refractivity contribution in [1.82, 2.24) is 15.2 Å². The van der Waals surface area contributed by atoms with Crippen LogP contribution < -0.4 is 11.1 Å². The van der Waals surface area contributed by atoms with Crippen LogP contribution in [0.25, 0.3) is 0 Å². The van der Waals surface area contributed by atoms with Crippen molar-refractivity contribution in [3.05, 3.63) is 27.3 Å². The molecule has 0 unspecified atom stereocenters. The Hall–Kier alpha value is -1.89. The highest BCUT2D eigenvalue weighted by Gasteiger charge is 2.15. The molecule has 0 aromatic carbocycles. The number of H-pyrrole nitrogens is 1. The Labute approximate surface area is 102 Å². The number of aromatic nitrogens is 3. The summed E-state index contributed by atoms with van der Waals surface area (Å²) in [5.74, 6) is -0.0196. The van der Waals surface area contributed by atoms with Crippen LogP contribution in [0.5, 0.6) is 0 Å². The van der Waals surface area contributed by atoms with Crippen LogP contribution in [0, 0.1) is 13.8 Å². The van der Waals surface area contributed by atoms with E-state index in [4.69, 9.17) is 5.73 Å². The molecule has 0 fully saturated rings. The summed E-state index contributed by atoms with van der Waals surface area (Å²) in [5, 5.41) is 12.7. The first-order chi connectivity index (χ1) is 8.08. The summed E-state index contributed by atoms with van der Waals surface area (Å²) in [6.07, 6.45) is 0. The zero-order valence-electron chi connectivity index (χ0n) is 9.57. The summed E-state index contributed by atoms with van der Waals surface area (Å²) in [6, 6.07) is 0. The van der Waals surface area contributed by atoms with Crippen molar-refractivity contribution in [3.63, 3.8) is 0 Å². The number of nitrogens with one attached hydrogen (secondary N) is 2. The van der Waals surface area contributed by atoms with Crippen LogP contribution in [0.3, 0.4) is 0 Å². The van der Waals surface area contributed by atoms with Crippen molar-refractivity contribution in [3.8, 4) is 0 Å². The van der Waals surface area contributed by atoms with Gasteiger partial charge in [-0.2, -0.15) is 5.10 Å². The first-order valence-electron chi connectivity index (χ1n) is 5.07. The normalized spacial score (nSPS) is 10.5. The first-order valence-corrected chi connectivity index (χ1v) is 5.95. The molecular weight excluding hydrogens is 238 g/mol. The number of aryl methyl sites for hydroxylation is 2. The number of primary amides is 1. The molecular formula is C10H13N5OS. The third kappa shape index (κ3) is 2.44. The molecule has 0 bridgehead atoms. The number of aromatic amines is 1. The van der Waals surface area contributed by atoms with Gasteiger partial charge in [0.25, 0.3) is 5.91 Å². The number of carbonyl (C=O) groups is 1. The third-order valence-electron chi connectivity index (χ3n) is 2.30. The molecule has 1 amide bonds. The Kier molecular flexibility index (Phi) is 3.10. The van der Waals surface area contributed by atoms with Crippen LogP contribution in [-0.2, 0) is 6.54 Å². The molecule has 2 heterocycles. The van der Waals surface area contributed by atoms with Crippen molar-refractivity contribution < 1.29 is 4.79 Å². The van der Waals surface area contributed by atoms with Gasteiger partial charge in [0.2, 0.25) is 0 Å². The van der Waals surface area contributed by atoms with Crippen LogP contribution in [0.1, 0.15) is 26.8 Å². The molecule has 0 aliphatic heterocycles. The number of hydrogen-bond donors (Lipinski definition) is 3. The fraction of sp³-hybridized carbons (Fsp3) is 0.300. The van der Waals surface area contributed by atoms with Gasteiger partial charge >= 0.3 is 0 Å². The van der Waals surface area contributed by atoms with Crippen molar-refractivity contribution in [2.75, 3.05) is 5.32 Å². The minimum absolute atomic E-state index is 0.400. The number of anilines is 1. The Morgan fingerprint density at radius 3 is 2.94 bits per heavy atom. The highest BCUT2D eigenvalue weighted by molar-refractivity contribution is 7.09. The summed E-state index contributed by atoms with van der Waals surface area (Å²) in [4.78, 5) is 15.5. The maximum Gasteiger partial charge on any atom is 0.254 e. The van der Waals surface area contributed by atoms with Crippen LogP contribution >= 0.6 is 11.3 Å². The average molecular weight is 251 g/mol. The van der Waals surface area contributed by atoms with Gasteiger partial charge in [0.1, 0.15) is 5.56 Å². The fourth-order valence-corrected chi connectivity index (χ4v) is 2.13. The summed E-state index contributed by atoms with van der Waals surface area (Å²) in [7, 11) is 0. The van der Waals surface area contributed by atoms with Crippen LogP contribution in [0.4, 0.5) is 5.82 Å². The van der Waals surface area contributed by atoms with Gasteiger partial charge in [0.15, 0.2) is 5.82 Å². The maximum absolute atomic E-state index is 11.2. The molecule has 0 saturated heterocycles. The number of carbonyl (C=O) groups excluding carboxylic acids is 1. The third-order valence-corrected chi connectivity index (χ3v) is 3.12. The minimum atomic E-state index is -0.492. The van der Waals surface area contributed by atoms with Gasteiger partial charge in [0.05, 0.1) is 17.2 Å². The van der Waals surface area contributed by atoms with Crippen LogP contribution in [0.2, 0.25) is 0 Å². The minimum Gasteiger partial charge on any atom is -0.365 e. The molecule has 0 spiro atoms. The molecule has 6 nitrogen and oxygen atoms in total. The molecule has 17 heavy (non-hydrogen) atoms. The number of nitrogens with zero attached hydrogens (tertiary/aromatic N) is 2. The monoisotopic (exact) mass is 251 g/mol. The van der Waals surface area contributed by atoms with E-state index in [0.717, 1.165) is 10.7 Å². The zero-order valence-corrected chi connectivity index (χ0v) is 10.4. The van der Waals surface area contributed by atoms with Crippen molar-refractivity contribution in [2.45, 2.75) is 20.4 Å². The van der Waals surface area contributed by atoms with Gasteiger partial charge in [-0.15, -0.1) is 11.3 Å². The maximum atomic E-state index is 11.2. The predicted octanol–water partition coefficient (Wildman–Crippen LogP) is 1.19. The standard InChI is InChI=1S/C10H13N5OS/c1-5-8(9(11)16)10(15-14-5)12-3-7-4-17-6(2)13-7/h4H,3H2,1-2H3,(H2,11,16)(H2,12,14,15). The van der Waals surface area contributed by atoms with E-state index in [1.807, 2.05) is 12.3 Å². The largest absolute Gasteiger partial charge is 0.365 e. The lowest BCUT2D eigenvalue weighted by Gasteiger charge is -2.02. The lowest BCUT2D eigenvalue weighted by atomic mass is 10.2. The molecule has 4 N–H and O–H groups in total. The van der Waals surface area contributed by atoms with Crippen molar-refractivity contribution >= 4 is 23.1 Å². The number of rotatable bonds is 4. The molecule has 2 aromatic heterocycles. The zero-order chi connectivity index (χ0) is 12.4.